The molecule has 0 heterocycles. The van der Waals surface area contributed by atoms with E-state index in [2.05, 4.69) is 15.9 Å². The van der Waals surface area contributed by atoms with Gasteiger partial charge in [0.2, 0.25) is 10.0 Å². The normalized spacial score (nSPS) is 11.9. The predicted molar refractivity (Wildman–Crippen MR) is 61.2 cm³/mol. The molecule has 0 unspecified atom stereocenters. The SMILES string of the molecule is CC(C)Oc1cc(F)c(S(N)(=O)=O)cc1Br. The van der Waals surface area contributed by atoms with Crippen molar-refractivity contribution in [3.05, 3.63) is 22.4 Å². The van der Waals surface area contributed by atoms with E-state index in [0.29, 0.717) is 4.47 Å². The van der Waals surface area contributed by atoms with Crippen molar-refractivity contribution in [3.8, 4) is 5.75 Å². The number of nitrogens with two attached hydrogens (primary N) is 1. The molecule has 0 atom stereocenters. The largest absolute Gasteiger partial charge is 0.490 e. The van der Waals surface area contributed by atoms with Gasteiger partial charge in [0.15, 0.2) is 0 Å². The van der Waals surface area contributed by atoms with Crippen LogP contribution in [0, 0.1) is 5.82 Å². The molecule has 0 bridgehead atoms. The highest BCUT2D eigenvalue weighted by Crippen LogP contribution is 2.30. The second kappa shape index (κ2) is 4.68. The predicted octanol–water partition coefficient (Wildman–Crippen LogP) is 2.02. The average molecular weight is 312 g/mol. The molecule has 1 rings (SSSR count). The van der Waals surface area contributed by atoms with Crippen molar-refractivity contribution in [2.45, 2.75) is 24.8 Å². The lowest BCUT2D eigenvalue weighted by molar-refractivity contribution is 0.239. The van der Waals surface area contributed by atoms with Crippen LogP contribution in [-0.2, 0) is 10.0 Å². The fourth-order valence-corrected chi connectivity index (χ4v) is 2.27. The van der Waals surface area contributed by atoms with Crippen molar-refractivity contribution in [1.82, 2.24) is 0 Å². The van der Waals surface area contributed by atoms with E-state index >= 15 is 0 Å². The van der Waals surface area contributed by atoms with E-state index in [1.165, 1.54) is 0 Å². The minimum atomic E-state index is -4.06. The highest BCUT2D eigenvalue weighted by molar-refractivity contribution is 9.10. The summed E-state index contributed by atoms with van der Waals surface area (Å²) in [7, 11) is -4.06. The second-order valence-corrected chi connectivity index (χ2v) is 5.81. The van der Waals surface area contributed by atoms with Gasteiger partial charge in [0.05, 0.1) is 10.6 Å². The quantitative estimate of drug-likeness (QED) is 0.928. The van der Waals surface area contributed by atoms with Crippen LogP contribution in [0.25, 0.3) is 0 Å². The van der Waals surface area contributed by atoms with Crippen LogP contribution in [0.5, 0.6) is 5.75 Å². The summed E-state index contributed by atoms with van der Waals surface area (Å²) in [5.74, 6) is -0.693. The molecule has 90 valence electrons. The molecule has 0 saturated carbocycles. The molecule has 1 aromatic rings. The first-order valence-electron chi connectivity index (χ1n) is 4.40. The summed E-state index contributed by atoms with van der Waals surface area (Å²) in [6, 6.07) is 2.08. The van der Waals surface area contributed by atoms with E-state index < -0.39 is 20.7 Å². The van der Waals surface area contributed by atoms with Crippen molar-refractivity contribution in [3.63, 3.8) is 0 Å². The smallest absolute Gasteiger partial charge is 0.241 e. The molecule has 0 aromatic heterocycles. The molecule has 4 nitrogen and oxygen atoms in total. The molecule has 0 radical (unpaired) electrons. The van der Waals surface area contributed by atoms with Gasteiger partial charge < -0.3 is 4.74 Å². The Morgan fingerprint density at radius 2 is 2.00 bits per heavy atom. The molecular formula is C9H11BrFNO3S. The number of hydrogen-bond donors (Lipinski definition) is 1. The van der Waals surface area contributed by atoms with E-state index in [-0.39, 0.29) is 11.9 Å². The Labute approximate surface area is 102 Å². The maximum Gasteiger partial charge on any atom is 0.241 e. The molecule has 2 N–H and O–H groups in total. The molecule has 7 heteroatoms. The van der Waals surface area contributed by atoms with Gasteiger partial charge in [-0.25, -0.2) is 17.9 Å². The van der Waals surface area contributed by atoms with E-state index in [1.54, 1.807) is 13.8 Å². The van der Waals surface area contributed by atoms with Crippen LogP contribution in [0.4, 0.5) is 4.39 Å². The van der Waals surface area contributed by atoms with Gasteiger partial charge >= 0.3 is 0 Å². The van der Waals surface area contributed by atoms with Crippen molar-refractivity contribution in [2.75, 3.05) is 0 Å². The Morgan fingerprint density at radius 1 is 1.44 bits per heavy atom. The fraction of sp³-hybridized carbons (Fsp3) is 0.333. The summed E-state index contributed by atoms with van der Waals surface area (Å²) < 4.78 is 41.1. The Hall–Kier alpha value is -0.660. The lowest BCUT2D eigenvalue weighted by Gasteiger charge is -2.12. The molecule has 0 fully saturated rings. The van der Waals surface area contributed by atoms with Crippen LogP contribution >= 0.6 is 15.9 Å². The van der Waals surface area contributed by atoms with E-state index in [0.717, 1.165) is 12.1 Å². The first-order valence-corrected chi connectivity index (χ1v) is 6.74. The molecular weight excluding hydrogens is 301 g/mol. The molecule has 0 saturated heterocycles. The van der Waals surface area contributed by atoms with Crippen molar-refractivity contribution < 1.29 is 17.5 Å². The third-order valence-corrected chi connectivity index (χ3v) is 3.20. The summed E-state index contributed by atoms with van der Waals surface area (Å²) in [5, 5.41) is 4.85. The number of sulfonamides is 1. The first kappa shape index (κ1) is 13.4. The van der Waals surface area contributed by atoms with Crippen molar-refractivity contribution >= 4 is 26.0 Å². The molecule has 0 amide bonds. The maximum atomic E-state index is 13.4. The topological polar surface area (TPSA) is 69.4 Å². The van der Waals surface area contributed by atoms with Gasteiger partial charge in [-0.2, -0.15) is 0 Å². The van der Waals surface area contributed by atoms with E-state index in [4.69, 9.17) is 9.88 Å². The van der Waals surface area contributed by atoms with Crippen LogP contribution < -0.4 is 9.88 Å². The van der Waals surface area contributed by atoms with Gasteiger partial charge in [-0.3, -0.25) is 0 Å². The van der Waals surface area contributed by atoms with Crippen LogP contribution in [0.1, 0.15) is 13.8 Å². The van der Waals surface area contributed by atoms with Gasteiger partial charge in [0, 0.05) is 6.07 Å². The Kier molecular flexibility index (Phi) is 3.92. The average Bonchev–Trinajstić information content (AvgIpc) is 2.07. The van der Waals surface area contributed by atoms with Gasteiger partial charge in [0.1, 0.15) is 16.5 Å². The lowest BCUT2D eigenvalue weighted by atomic mass is 10.3. The van der Waals surface area contributed by atoms with Crippen LogP contribution in [0.3, 0.4) is 0 Å². The molecule has 0 spiro atoms. The number of primary sulfonamides is 1. The van der Waals surface area contributed by atoms with E-state index in [9.17, 15) is 12.8 Å². The minimum Gasteiger partial charge on any atom is -0.490 e. The summed E-state index contributed by atoms with van der Waals surface area (Å²) in [6.45, 7) is 3.55. The molecule has 0 aliphatic heterocycles. The Bertz CT molecular complexity index is 502. The highest BCUT2D eigenvalue weighted by atomic mass is 79.9. The number of hydrogen-bond acceptors (Lipinski definition) is 3. The molecule has 16 heavy (non-hydrogen) atoms. The molecule has 0 aliphatic carbocycles. The third kappa shape index (κ3) is 3.16. The number of halogens is 2. The first-order chi connectivity index (χ1) is 7.21. The summed E-state index contributed by atoms with van der Waals surface area (Å²) >= 11 is 3.09. The summed E-state index contributed by atoms with van der Waals surface area (Å²) in [5.41, 5.74) is 0. The zero-order valence-electron chi connectivity index (χ0n) is 8.70. The summed E-state index contributed by atoms with van der Waals surface area (Å²) in [6.07, 6.45) is -0.143. The third-order valence-electron chi connectivity index (χ3n) is 1.66. The highest BCUT2D eigenvalue weighted by Gasteiger charge is 2.18. The Morgan fingerprint density at radius 3 is 2.44 bits per heavy atom. The number of rotatable bonds is 3. The fourth-order valence-electron chi connectivity index (χ4n) is 1.07. The lowest BCUT2D eigenvalue weighted by Crippen LogP contribution is -2.15. The van der Waals surface area contributed by atoms with Gasteiger partial charge in [-0.05, 0) is 35.8 Å². The second-order valence-electron chi connectivity index (χ2n) is 3.42. The van der Waals surface area contributed by atoms with Crippen molar-refractivity contribution in [2.24, 2.45) is 5.14 Å². The maximum absolute atomic E-state index is 13.4. The number of benzene rings is 1. The van der Waals surface area contributed by atoms with Crippen LogP contribution in [0.2, 0.25) is 0 Å². The van der Waals surface area contributed by atoms with Crippen molar-refractivity contribution in [1.29, 1.82) is 0 Å². The van der Waals surface area contributed by atoms with Gasteiger partial charge in [-0.15, -0.1) is 0 Å². The van der Waals surface area contributed by atoms with Gasteiger partial charge in [0.25, 0.3) is 0 Å². The molecule has 1 aromatic carbocycles. The number of ether oxygens (including phenoxy) is 1. The zero-order chi connectivity index (χ0) is 12.5. The zero-order valence-corrected chi connectivity index (χ0v) is 11.1. The van der Waals surface area contributed by atoms with Crippen LogP contribution in [-0.4, -0.2) is 14.5 Å². The van der Waals surface area contributed by atoms with Gasteiger partial charge in [-0.1, -0.05) is 0 Å². The van der Waals surface area contributed by atoms with E-state index in [1.807, 2.05) is 0 Å². The standard InChI is InChI=1S/C9H11BrFNO3S/c1-5(2)15-8-4-7(11)9(3-6(8)10)16(12,13)14/h3-5H,1-2H3,(H2,12,13,14). The Balaban J connectivity index is 3.28. The monoisotopic (exact) mass is 311 g/mol. The van der Waals surface area contributed by atoms with Crippen LogP contribution in [0.15, 0.2) is 21.5 Å². The summed E-state index contributed by atoms with van der Waals surface area (Å²) in [4.78, 5) is -0.560. The molecule has 0 aliphatic rings. The minimum absolute atomic E-state index is 0.143.